The van der Waals surface area contributed by atoms with Gasteiger partial charge in [-0.1, -0.05) is 0 Å². The summed E-state index contributed by atoms with van der Waals surface area (Å²) < 4.78 is 18.5. The number of pyridine rings is 1. The lowest BCUT2D eigenvalue weighted by atomic mass is 10.1. The van der Waals surface area contributed by atoms with Gasteiger partial charge in [0.2, 0.25) is 5.95 Å². The predicted molar refractivity (Wildman–Crippen MR) is 73.8 cm³/mol. The minimum atomic E-state index is -0.678. The fraction of sp³-hybridized carbons (Fsp3) is 0.500. The lowest BCUT2D eigenvalue weighted by Gasteiger charge is -2.28. The van der Waals surface area contributed by atoms with Crippen molar-refractivity contribution in [3.63, 3.8) is 0 Å². The normalized spacial score (nSPS) is 18.4. The highest BCUT2D eigenvalue weighted by Crippen LogP contribution is 2.41. The largest absolute Gasteiger partial charge is 0.378 e. The molecule has 1 aromatic rings. The van der Waals surface area contributed by atoms with E-state index in [0.717, 1.165) is 24.5 Å². The second-order valence-corrected chi connectivity index (χ2v) is 5.27. The summed E-state index contributed by atoms with van der Waals surface area (Å²) >= 11 is 0. The van der Waals surface area contributed by atoms with Crippen LogP contribution >= 0.6 is 0 Å². The maximum absolute atomic E-state index is 13.3. The highest BCUT2D eigenvalue weighted by Gasteiger charge is 2.29. The van der Waals surface area contributed by atoms with Crippen molar-refractivity contribution >= 4 is 11.9 Å². The lowest BCUT2D eigenvalue weighted by Crippen LogP contribution is -2.48. The molecular weight excluding hydrogens is 275 g/mol. The van der Waals surface area contributed by atoms with Gasteiger partial charge in [-0.05, 0) is 24.3 Å². The SMILES string of the molecule is N=C(NC(=O)c1cc(F)ncc1C1CC1)N1CCOCC1. The maximum Gasteiger partial charge on any atom is 0.258 e. The average Bonchev–Trinajstić information content (AvgIpc) is 3.32. The predicted octanol–water partition coefficient (Wildman–Crippen LogP) is 1.09. The minimum absolute atomic E-state index is 0.0299. The van der Waals surface area contributed by atoms with Crippen molar-refractivity contribution in [3.8, 4) is 0 Å². The molecule has 1 amide bonds. The van der Waals surface area contributed by atoms with Gasteiger partial charge in [0.25, 0.3) is 5.91 Å². The van der Waals surface area contributed by atoms with Crippen LogP contribution in [0, 0.1) is 11.4 Å². The Morgan fingerprint density at radius 2 is 2.14 bits per heavy atom. The number of nitrogens with one attached hydrogen (secondary N) is 2. The smallest absolute Gasteiger partial charge is 0.258 e. The van der Waals surface area contributed by atoms with Crippen molar-refractivity contribution in [1.82, 2.24) is 15.2 Å². The Labute approximate surface area is 121 Å². The molecule has 1 aromatic heterocycles. The van der Waals surface area contributed by atoms with Gasteiger partial charge in [0, 0.05) is 30.9 Å². The molecule has 0 atom stereocenters. The van der Waals surface area contributed by atoms with E-state index in [1.54, 1.807) is 4.90 Å². The molecule has 1 aliphatic heterocycles. The number of guanidine groups is 1. The summed E-state index contributed by atoms with van der Waals surface area (Å²) in [6, 6.07) is 1.15. The molecule has 2 heterocycles. The van der Waals surface area contributed by atoms with Gasteiger partial charge in [-0.3, -0.25) is 15.5 Å². The van der Waals surface area contributed by atoms with Crippen molar-refractivity contribution in [3.05, 3.63) is 29.3 Å². The van der Waals surface area contributed by atoms with Crippen LogP contribution < -0.4 is 5.32 Å². The van der Waals surface area contributed by atoms with Crippen molar-refractivity contribution in [1.29, 1.82) is 5.41 Å². The fourth-order valence-corrected chi connectivity index (χ4v) is 2.40. The Morgan fingerprint density at radius 1 is 1.43 bits per heavy atom. The zero-order valence-corrected chi connectivity index (χ0v) is 11.6. The quantitative estimate of drug-likeness (QED) is 0.486. The summed E-state index contributed by atoms with van der Waals surface area (Å²) in [5, 5.41) is 10.5. The van der Waals surface area contributed by atoms with E-state index in [1.165, 1.54) is 6.20 Å². The van der Waals surface area contributed by atoms with Gasteiger partial charge in [-0.15, -0.1) is 0 Å². The Kier molecular flexibility index (Phi) is 3.83. The molecule has 1 saturated heterocycles. The van der Waals surface area contributed by atoms with Gasteiger partial charge < -0.3 is 9.64 Å². The number of aromatic nitrogens is 1. The number of hydrogen-bond acceptors (Lipinski definition) is 4. The van der Waals surface area contributed by atoms with Crippen molar-refractivity contribution in [2.24, 2.45) is 0 Å². The summed E-state index contributed by atoms with van der Waals surface area (Å²) in [7, 11) is 0. The lowest BCUT2D eigenvalue weighted by molar-refractivity contribution is 0.0653. The van der Waals surface area contributed by atoms with E-state index in [2.05, 4.69) is 10.3 Å². The van der Waals surface area contributed by atoms with Crippen LogP contribution in [0.1, 0.15) is 34.7 Å². The Bertz CT molecular complexity index is 568. The molecule has 2 fully saturated rings. The first-order valence-corrected chi connectivity index (χ1v) is 7.03. The van der Waals surface area contributed by atoms with Crippen LogP contribution in [0.25, 0.3) is 0 Å². The molecule has 2 aliphatic rings. The van der Waals surface area contributed by atoms with E-state index in [0.29, 0.717) is 26.3 Å². The minimum Gasteiger partial charge on any atom is -0.378 e. The zero-order valence-electron chi connectivity index (χ0n) is 11.6. The number of nitrogens with zero attached hydrogens (tertiary/aromatic N) is 2. The maximum atomic E-state index is 13.3. The molecule has 0 unspecified atom stereocenters. The zero-order chi connectivity index (χ0) is 14.8. The molecule has 1 saturated carbocycles. The van der Waals surface area contributed by atoms with E-state index in [9.17, 15) is 9.18 Å². The van der Waals surface area contributed by atoms with E-state index >= 15 is 0 Å². The average molecular weight is 292 g/mol. The fourth-order valence-electron chi connectivity index (χ4n) is 2.40. The van der Waals surface area contributed by atoms with Crippen molar-refractivity contribution in [2.45, 2.75) is 18.8 Å². The van der Waals surface area contributed by atoms with E-state index in [1.807, 2.05) is 0 Å². The first-order chi connectivity index (χ1) is 10.1. The molecule has 0 radical (unpaired) electrons. The van der Waals surface area contributed by atoms with Gasteiger partial charge in [0.1, 0.15) is 0 Å². The first kappa shape index (κ1) is 13.9. The van der Waals surface area contributed by atoms with Crippen LogP contribution in [0.4, 0.5) is 4.39 Å². The number of carbonyl (C=O) groups excluding carboxylic acids is 1. The Balaban J connectivity index is 1.72. The monoisotopic (exact) mass is 292 g/mol. The molecule has 0 bridgehead atoms. The van der Waals surface area contributed by atoms with Crippen LogP contribution in [-0.4, -0.2) is 48.1 Å². The topological polar surface area (TPSA) is 78.3 Å². The number of ether oxygens (including phenoxy) is 1. The summed E-state index contributed by atoms with van der Waals surface area (Å²) in [6.07, 6.45) is 3.42. The van der Waals surface area contributed by atoms with Crippen LogP contribution in [0.2, 0.25) is 0 Å². The molecule has 7 heteroatoms. The third kappa shape index (κ3) is 3.18. The van der Waals surface area contributed by atoms with Gasteiger partial charge in [-0.2, -0.15) is 4.39 Å². The molecule has 0 aromatic carbocycles. The standard InChI is InChI=1S/C14H17FN4O2/c15-12-7-10(11(8-17-12)9-1-2-9)13(20)18-14(16)19-3-5-21-6-4-19/h7-9H,1-6H2,(H2,16,18,20). The second kappa shape index (κ2) is 5.77. The molecule has 112 valence electrons. The van der Waals surface area contributed by atoms with Gasteiger partial charge in [0.05, 0.1) is 13.2 Å². The second-order valence-electron chi connectivity index (χ2n) is 5.27. The molecule has 0 spiro atoms. The van der Waals surface area contributed by atoms with Gasteiger partial charge >= 0.3 is 0 Å². The van der Waals surface area contributed by atoms with Crippen molar-refractivity contribution in [2.75, 3.05) is 26.3 Å². The summed E-state index contributed by atoms with van der Waals surface area (Å²) in [5.41, 5.74) is 1.05. The highest BCUT2D eigenvalue weighted by atomic mass is 19.1. The Hall–Kier alpha value is -2.02. The van der Waals surface area contributed by atoms with Gasteiger partial charge in [-0.25, -0.2) is 4.98 Å². The third-order valence-corrected chi connectivity index (χ3v) is 3.72. The number of halogens is 1. The number of morpholine rings is 1. The molecular formula is C14H17FN4O2. The van der Waals surface area contributed by atoms with E-state index < -0.39 is 11.9 Å². The third-order valence-electron chi connectivity index (χ3n) is 3.72. The van der Waals surface area contributed by atoms with Crippen LogP contribution in [0.3, 0.4) is 0 Å². The van der Waals surface area contributed by atoms with E-state index in [4.69, 9.17) is 10.1 Å². The number of carbonyl (C=O) groups is 1. The summed E-state index contributed by atoms with van der Waals surface area (Å²) in [6.45, 7) is 2.21. The molecule has 21 heavy (non-hydrogen) atoms. The Morgan fingerprint density at radius 3 is 2.81 bits per heavy atom. The number of hydrogen-bond donors (Lipinski definition) is 2. The van der Waals surface area contributed by atoms with Gasteiger partial charge in [0.15, 0.2) is 5.96 Å². The number of amides is 1. The summed E-state index contributed by atoms with van der Waals surface area (Å²) in [5.74, 6) is -0.809. The van der Waals surface area contributed by atoms with Crippen LogP contribution in [-0.2, 0) is 4.74 Å². The molecule has 3 rings (SSSR count). The van der Waals surface area contributed by atoms with Crippen LogP contribution in [0.5, 0.6) is 0 Å². The number of rotatable bonds is 2. The molecule has 2 N–H and O–H groups in total. The molecule has 6 nitrogen and oxygen atoms in total. The van der Waals surface area contributed by atoms with Crippen molar-refractivity contribution < 1.29 is 13.9 Å². The van der Waals surface area contributed by atoms with E-state index in [-0.39, 0.29) is 17.4 Å². The molecule has 1 aliphatic carbocycles. The highest BCUT2D eigenvalue weighted by molar-refractivity contribution is 6.05. The summed E-state index contributed by atoms with van der Waals surface area (Å²) in [4.78, 5) is 17.7. The van der Waals surface area contributed by atoms with Crippen LogP contribution in [0.15, 0.2) is 12.3 Å². The first-order valence-electron chi connectivity index (χ1n) is 7.03.